The molecular weight excluding hydrogens is 436 g/mol. The SMILES string of the molecule is CCOC(=O)c1ccc(NC(=O)CCCN(c2ccc3c(c2)OCO3)S(C)(=O)=O)c(C)c1. The molecule has 172 valence electrons. The van der Waals surface area contributed by atoms with E-state index in [-0.39, 0.29) is 32.3 Å². The summed E-state index contributed by atoms with van der Waals surface area (Å²) in [6, 6.07) is 9.80. The van der Waals surface area contributed by atoms with Crippen molar-refractivity contribution in [1.82, 2.24) is 0 Å². The van der Waals surface area contributed by atoms with E-state index in [4.69, 9.17) is 14.2 Å². The molecule has 0 unspecified atom stereocenters. The van der Waals surface area contributed by atoms with Crippen molar-refractivity contribution in [2.75, 3.05) is 35.8 Å². The molecular formula is C22H26N2O7S. The molecule has 2 aromatic carbocycles. The predicted molar refractivity (Wildman–Crippen MR) is 120 cm³/mol. The number of sulfonamides is 1. The first-order valence-electron chi connectivity index (χ1n) is 10.1. The Kier molecular flexibility index (Phi) is 7.24. The van der Waals surface area contributed by atoms with Crippen LogP contribution in [0.3, 0.4) is 0 Å². The quantitative estimate of drug-likeness (QED) is 0.570. The number of hydrogen-bond acceptors (Lipinski definition) is 7. The Balaban J connectivity index is 1.59. The van der Waals surface area contributed by atoms with E-state index in [0.717, 1.165) is 11.8 Å². The van der Waals surface area contributed by atoms with Gasteiger partial charge >= 0.3 is 5.97 Å². The van der Waals surface area contributed by atoms with Gasteiger partial charge in [-0.2, -0.15) is 0 Å². The average Bonchev–Trinajstić information content (AvgIpc) is 3.19. The van der Waals surface area contributed by atoms with Crippen LogP contribution in [0.25, 0.3) is 0 Å². The minimum Gasteiger partial charge on any atom is -0.462 e. The number of hydrogen-bond donors (Lipinski definition) is 1. The van der Waals surface area contributed by atoms with Crippen molar-refractivity contribution in [3.05, 3.63) is 47.5 Å². The van der Waals surface area contributed by atoms with Gasteiger partial charge in [0.1, 0.15) is 0 Å². The fourth-order valence-corrected chi connectivity index (χ4v) is 4.23. The molecule has 10 heteroatoms. The molecule has 0 atom stereocenters. The molecule has 0 bridgehead atoms. The van der Waals surface area contributed by atoms with E-state index in [0.29, 0.717) is 34.9 Å². The highest BCUT2D eigenvalue weighted by molar-refractivity contribution is 7.92. The Hall–Kier alpha value is -3.27. The number of rotatable bonds is 9. The molecule has 0 fully saturated rings. The summed E-state index contributed by atoms with van der Waals surface area (Å²) in [4.78, 5) is 24.2. The second-order valence-corrected chi connectivity index (χ2v) is 9.18. The van der Waals surface area contributed by atoms with Crippen LogP contribution in [0.15, 0.2) is 36.4 Å². The smallest absolute Gasteiger partial charge is 0.338 e. The molecule has 1 aliphatic heterocycles. The molecule has 1 amide bonds. The van der Waals surface area contributed by atoms with Gasteiger partial charge in [0.2, 0.25) is 22.7 Å². The zero-order valence-corrected chi connectivity index (χ0v) is 19.0. The van der Waals surface area contributed by atoms with Crippen molar-refractivity contribution in [2.45, 2.75) is 26.7 Å². The molecule has 1 aliphatic rings. The normalized spacial score (nSPS) is 12.3. The average molecular weight is 463 g/mol. The number of esters is 1. The molecule has 0 saturated heterocycles. The van der Waals surface area contributed by atoms with E-state index in [1.807, 2.05) is 0 Å². The number of benzene rings is 2. The number of anilines is 2. The summed E-state index contributed by atoms with van der Waals surface area (Å²) in [5.41, 5.74) is 2.17. The number of carbonyl (C=O) groups excluding carboxylic acids is 2. The number of amides is 1. The summed E-state index contributed by atoms with van der Waals surface area (Å²) in [5, 5.41) is 2.80. The number of aryl methyl sites for hydroxylation is 1. The van der Waals surface area contributed by atoms with Crippen LogP contribution in [0.2, 0.25) is 0 Å². The van der Waals surface area contributed by atoms with Gasteiger partial charge in [0.15, 0.2) is 11.5 Å². The standard InChI is InChI=1S/C22H26N2O7S/c1-4-29-22(26)16-7-9-18(15(2)12-16)23-21(25)6-5-11-24(32(3,27)28)17-8-10-19-20(13-17)31-14-30-19/h7-10,12-13H,4-6,11,14H2,1-3H3,(H,23,25). The summed E-state index contributed by atoms with van der Waals surface area (Å²) in [7, 11) is -3.56. The maximum atomic E-state index is 12.4. The van der Waals surface area contributed by atoms with Crippen LogP contribution in [0.4, 0.5) is 11.4 Å². The third kappa shape index (κ3) is 5.70. The lowest BCUT2D eigenvalue weighted by molar-refractivity contribution is -0.116. The van der Waals surface area contributed by atoms with Crippen molar-refractivity contribution >= 4 is 33.3 Å². The third-order valence-electron chi connectivity index (χ3n) is 4.82. The van der Waals surface area contributed by atoms with Crippen LogP contribution < -0.4 is 19.1 Å². The maximum absolute atomic E-state index is 12.4. The van der Waals surface area contributed by atoms with E-state index in [9.17, 15) is 18.0 Å². The highest BCUT2D eigenvalue weighted by atomic mass is 32.2. The fraction of sp³-hybridized carbons (Fsp3) is 0.364. The highest BCUT2D eigenvalue weighted by Crippen LogP contribution is 2.36. The monoisotopic (exact) mass is 462 g/mol. The summed E-state index contributed by atoms with van der Waals surface area (Å²) >= 11 is 0. The number of fused-ring (bicyclic) bond motifs is 1. The van der Waals surface area contributed by atoms with E-state index in [1.165, 1.54) is 4.31 Å². The first-order valence-corrected chi connectivity index (χ1v) is 12.0. The van der Waals surface area contributed by atoms with Crippen LogP contribution in [-0.4, -0.2) is 46.5 Å². The zero-order chi connectivity index (χ0) is 23.3. The van der Waals surface area contributed by atoms with Crippen LogP contribution in [0.5, 0.6) is 11.5 Å². The molecule has 0 saturated carbocycles. The molecule has 1 heterocycles. The van der Waals surface area contributed by atoms with Gasteiger partial charge < -0.3 is 19.5 Å². The molecule has 1 N–H and O–H groups in total. The highest BCUT2D eigenvalue weighted by Gasteiger charge is 2.21. The Morgan fingerprint density at radius 3 is 2.56 bits per heavy atom. The molecule has 0 spiro atoms. The number of nitrogens with one attached hydrogen (secondary N) is 1. The Bertz CT molecular complexity index is 1120. The number of ether oxygens (including phenoxy) is 3. The summed E-state index contributed by atoms with van der Waals surface area (Å²) in [6.07, 6.45) is 1.55. The van der Waals surface area contributed by atoms with E-state index in [1.54, 1.807) is 50.2 Å². The molecule has 32 heavy (non-hydrogen) atoms. The van der Waals surface area contributed by atoms with Gasteiger partial charge in [-0.15, -0.1) is 0 Å². The third-order valence-corrected chi connectivity index (χ3v) is 6.02. The van der Waals surface area contributed by atoms with Gasteiger partial charge in [0, 0.05) is 24.7 Å². The molecule has 0 aromatic heterocycles. The Morgan fingerprint density at radius 1 is 1.12 bits per heavy atom. The molecule has 0 aliphatic carbocycles. The molecule has 9 nitrogen and oxygen atoms in total. The van der Waals surface area contributed by atoms with Crippen LogP contribution in [0.1, 0.15) is 35.7 Å². The van der Waals surface area contributed by atoms with E-state index in [2.05, 4.69) is 5.32 Å². The van der Waals surface area contributed by atoms with Crippen LogP contribution in [-0.2, 0) is 19.6 Å². The Morgan fingerprint density at radius 2 is 1.88 bits per heavy atom. The number of carbonyl (C=O) groups is 2. The second kappa shape index (κ2) is 9.90. The van der Waals surface area contributed by atoms with Crippen LogP contribution in [0, 0.1) is 6.92 Å². The lowest BCUT2D eigenvalue weighted by Gasteiger charge is -2.22. The summed E-state index contributed by atoms with van der Waals surface area (Å²) in [6.45, 7) is 4.03. The molecule has 0 radical (unpaired) electrons. The number of nitrogens with zero attached hydrogens (tertiary/aromatic N) is 1. The topological polar surface area (TPSA) is 111 Å². The van der Waals surface area contributed by atoms with Crippen molar-refractivity contribution in [1.29, 1.82) is 0 Å². The van der Waals surface area contributed by atoms with Gasteiger partial charge in [-0.1, -0.05) is 0 Å². The van der Waals surface area contributed by atoms with E-state index < -0.39 is 16.0 Å². The minimum absolute atomic E-state index is 0.0953. The van der Waals surface area contributed by atoms with Crippen LogP contribution >= 0.6 is 0 Å². The zero-order valence-electron chi connectivity index (χ0n) is 18.2. The minimum atomic E-state index is -3.56. The van der Waals surface area contributed by atoms with Crippen molar-refractivity contribution in [3.8, 4) is 11.5 Å². The fourth-order valence-electron chi connectivity index (χ4n) is 3.27. The first kappa shape index (κ1) is 23.4. The lowest BCUT2D eigenvalue weighted by Crippen LogP contribution is -2.31. The maximum Gasteiger partial charge on any atom is 0.338 e. The first-order chi connectivity index (χ1) is 15.2. The summed E-state index contributed by atoms with van der Waals surface area (Å²) in [5.74, 6) is 0.371. The predicted octanol–water partition coefficient (Wildman–Crippen LogP) is 3.09. The van der Waals surface area contributed by atoms with E-state index >= 15 is 0 Å². The van der Waals surface area contributed by atoms with Crippen molar-refractivity contribution in [2.24, 2.45) is 0 Å². The van der Waals surface area contributed by atoms with Gasteiger partial charge in [0.05, 0.1) is 24.1 Å². The van der Waals surface area contributed by atoms with Gasteiger partial charge in [-0.05, 0) is 56.2 Å². The van der Waals surface area contributed by atoms with Gasteiger partial charge in [-0.3, -0.25) is 9.10 Å². The lowest BCUT2D eigenvalue weighted by atomic mass is 10.1. The summed E-state index contributed by atoms with van der Waals surface area (Å²) < 4.78 is 41.4. The molecule has 2 aromatic rings. The van der Waals surface area contributed by atoms with Crippen molar-refractivity contribution < 1.29 is 32.2 Å². The second-order valence-electron chi connectivity index (χ2n) is 7.27. The Labute approximate surface area is 187 Å². The van der Waals surface area contributed by atoms with Gasteiger partial charge in [-0.25, -0.2) is 13.2 Å². The van der Waals surface area contributed by atoms with Gasteiger partial charge in [0.25, 0.3) is 0 Å². The molecule has 3 rings (SSSR count). The van der Waals surface area contributed by atoms with Crippen molar-refractivity contribution in [3.63, 3.8) is 0 Å². The largest absolute Gasteiger partial charge is 0.462 e.